The number of hydrogen-bond donors (Lipinski definition) is 2. The molecule has 2 aromatic heterocycles. The van der Waals surface area contributed by atoms with E-state index in [4.69, 9.17) is 9.36 Å². The van der Waals surface area contributed by atoms with Gasteiger partial charge >= 0.3 is 6.18 Å². The lowest BCUT2D eigenvalue weighted by Gasteiger charge is -2.08. The number of aromatic nitrogens is 2. The molecule has 0 fully saturated rings. The van der Waals surface area contributed by atoms with E-state index in [1.807, 2.05) is 54.5 Å². The summed E-state index contributed by atoms with van der Waals surface area (Å²) < 4.78 is 43.1. The van der Waals surface area contributed by atoms with Crippen LogP contribution in [-0.2, 0) is 11.0 Å². The number of nitrogens with one attached hydrogen (secondary N) is 2. The van der Waals surface area contributed by atoms with Crippen LogP contribution in [0.1, 0.15) is 90.8 Å². The van der Waals surface area contributed by atoms with Crippen molar-refractivity contribution in [2.45, 2.75) is 88.3 Å². The van der Waals surface area contributed by atoms with Gasteiger partial charge in [0.15, 0.2) is 5.76 Å². The zero-order valence-corrected chi connectivity index (χ0v) is 23.6. The Balaban J connectivity index is 0. The summed E-state index contributed by atoms with van der Waals surface area (Å²) in [6.45, 7) is 19.5. The lowest BCUT2D eigenvalue weighted by atomic mass is 9.99. The topological polar surface area (TPSA) is 72.3 Å². The molecule has 0 aliphatic heterocycles. The fraction of sp³-hybridized carbons (Fsp3) is 0.519. The van der Waals surface area contributed by atoms with Gasteiger partial charge in [-0.15, -0.1) is 0 Å². The second-order valence-electron chi connectivity index (χ2n) is 6.57. The Labute approximate surface area is 214 Å². The zero-order chi connectivity index (χ0) is 28.3. The molecule has 36 heavy (non-hydrogen) atoms. The third-order valence-electron chi connectivity index (χ3n) is 4.42. The number of hydrogen-bond acceptors (Lipinski definition) is 5. The van der Waals surface area contributed by atoms with Gasteiger partial charge in [-0.1, -0.05) is 66.1 Å². The monoisotopic (exact) mass is 515 g/mol. The van der Waals surface area contributed by atoms with Crippen LogP contribution < -0.4 is 10.5 Å². The van der Waals surface area contributed by atoms with E-state index in [-0.39, 0.29) is 0 Å². The van der Waals surface area contributed by atoms with Gasteiger partial charge in [0.2, 0.25) is 5.75 Å². The molecule has 2 N–H and O–H groups in total. The van der Waals surface area contributed by atoms with Gasteiger partial charge in [0.1, 0.15) is 5.69 Å². The highest BCUT2D eigenvalue weighted by atomic mass is 19.4. The SMILES string of the molecule is C/C=C(\CCC)c1c[nH]c2ccc(C(F)(F)F)cc12.CC.CC.CC.CONOc1c(C)noc1C. The minimum atomic E-state index is -4.30. The number of H-pyrrole nitrogens is 1. The molecule has 0 aliphatic carbocycles. The maximum atomic E-state index is 12.8. The summed E-state index contributed by atoms with van der Waals surface area (Å²) >= 11 is 0. The summed E-state index contributed by atoms with van der Waals surface area (Å²) in [6, 6.07) is 3.82. The molecule has 0 unspecified atom stereocenters. The number of aryl methyl sites for hydroxylation is 2. The zero-order valence-electron chi connectivity index (χ0n) is 23.6. The molecule has 0 saturated carbocycles. The number of alkyl halides is 3. The molecular weight excluding hydrogens is 471 g/mol. The fourth-order valence-corrected chi connectivity index (χ4v) is 2.97. The molecule has 9 heteroatoms. The first kappa shape index (κ1) is 35.4. The van der Waals surface area contributed by atoms with Crippen LogP contribution in [0.4, 0.5) is 13.2 Å². The molecule has 1 aromatic carbocycles. The van der Waals surface area contributed by atoms with E-state index in [1.54, 1.807) is 20.0 Å². The number of aromatic amines is 1. The summed E-state index contributed by atoms with van der Waals surface area (Å²) in [5.74, 6) is 1.18. The molecule has 0 spiro atoms. The van der Waals surface area contributed by atoms with Gasteiger partial charge in [0, 0.05) is 29.6 Å². The van der Waals surface area contributed by atoms with Gasteiger partial charge in [-0.05, 0) is 49.7 Å². The van der Waals surface area contributed by atoms with Crippen LogP contribution in [0.3, 0.4) is 0 Å². The van der Waals surface area contributed by atoms with E-state index in [2.05, 4.69) is 27.5 Å². The van der Waals surface area contributed by atoms with Gasteiger partial charge in [-0.2, -0.15) is 13.2 Å². The summed E-state index contributed by atoms with van der Waals surface area (Å²) in [5, 5.41) is 4.31. The van der Waals surface area contributed by atoms with Crippen LogP contribution >= 0.6 is 0 Å². The van der Waals surface area contributed by atoms with Gasteiger partial charge in [-0.25, -0.2) is 0 Å². The normalized spacial score (nSPS) is 10.6. The van der Waals surface area contributed by atoms with E-state index in [0.717, 1.165) is 35.6 Å². The minimum absolute atomic E-state index is 0.562. The predicted octanol–water partition coefficient (Wildman–Crippen LogP) is 9.20. The maximum absolute atomic E-state index is 12.8. The lowest BCUT2D eigenvalue weighted by Crippen LogP contribution is -2.16. The second kappa shape index (κ2) is 19.4. The molecule has 0 radical (unpaired) electrons. The van der Waals surface area contributed by atoms with Crippen molar-refractivity contribution in [2.75, 3.05) is 7.11 Å². The Morgan fingerprint density at radius 1 is 1.11 bits per heavy atom. The number of halogens is 3. The van der Waals surface area contributed by atoms with Crippen molar-refractivity contribution in [3.8, 4) is 5.75 Å². The highest BCUT2D eigenvalue weighted by Gasteiger charge is 2.30. The molecule has 6 nitrogen and oxygen atoms in total. The van der Waals surface area contributed by atoms with Crippen LogP contribution in [0.5, 0.6) is 5.75 Å². The van der Waals surface area contributed by atoms with Gasteiger partial charge < -0.3 is 14.3 Å². The third kappa shape index (κ3) is 10.9. The molecule has 3 rings (SSSR count). The molecule has 3 aromatic rings. The quantitative estimate of drug-likeness (QED) is 0.320. The Morgan fingerprint density at radius 3 is 2.17 bits per heavy atom. The summed E-state index contributed by atoms with van der Waals surface area (Å²) in [4.78, 5) is 12.4. The Hall–Kier alpha value is -2.78. The maximum Gasteiger partial charge on any atom is 0.416 e. The number of rotatable bonds is 6. The average Bonchev–Trinajstić information content (AvgIpc) is 3.47. The average molecular weight is 516 g/mol. The minimum Gasteiger partial charge on any atom is -0.378 e. The smallest absolute Gasteiger partial charge is 0.378 e. The first-order chi connectivity index (χ1) is 17.2. The van der Waals surface area contributed by atoms with Crippen LogP contribution in [0.2, 0.25) is 0 Å². The van der Waals surface area contributed by atoms with Crippen molar-refractivity contribution in [1.29, 1.82) is 0 Å². The predicted molar refractivity (Wildman–Crippen MR) is 143 cm³/mol. The van der Waals surface area contributed by atoms with Crippen molar-refractivity contribution in [2.24, 2.45) is 0 Å². The van der Waals surface area contributed by atoms with Crippen molar-refractivity contribution in [1.82, 2.24) is 15.8 Å². The number of benzene rings is 1. The van der Waals surface area contributed by atoms with Crippen LogP contribution in [-0.4, -0.2) is 17.3 Å². The Kier molecular flexibility index (Phi) is 19.1. The first-order valence-electron chi connectivity index (χ1n) is 12.4. The van der Waals surface area contributed by atoms with Gasteiger partial charge in [0.25, 0.3) is 0 Å². The van der Waals surface area contributed by atoms with E-state index in [0.29, 0.717) is 22.6 Å². The molecule has 0 atom stereocenters. The molecule has 0 aliphatic rings. The molecule has 2 heterocycles. The van der Waals surface area contributed by atoms with E-state index in [9.17, 15) is 13.2 Å². The van der Waals surface area contributed by atoms with Crippen molar-refractivity contribution in [3.05, 3.63) is 53.1 Å². The number of allylic oxidation sites excluding steroid dienone is 2. The van der Waals surface area contributed by atoms with Gasteiger partial charge in [-0.3, -0.25) is 4.84 Å². The second-order valence-corrected chi connectivity index (χ2v) is 6.57. The van der Waals surface area contributed by atoms with Crippen molar-refractivity contribution >= 4 is 16.5 Å². The van der Waals surface area contributed by atoms with E-state index >= 15 is 0 Å². The van der Waals surface area contributed by atoms with Crippen LogP contribution in [0.25, 0.3) is 16.5 Å². The molecule has 0 amide bonds. The van der Waals surface area contributed by atoms with Crippen molar-refractivity contribution in [3.63, 3.8) is 0 Å². The third-order valence-corrected chi connectivity index (χ3v) is 4.42. The summed E-state index contributed by atoms with van der Waals surface area (Å²) in [7, 11) is 1.46. The lowest BCUT2D eigenvalue weighted by molar-refractivity contribution is -0.137. The summed E-state index contributed by atoms with van der Waals surface area (Å²) in [6.07, 6.45) is 1.27. The Bertz CT molecular complexity index is 974. The molecule has 0 saturated heterocycles. The number of nitrogens with zero attached hydrogens (tertiary/aromatic N) is 1. The molecule has 0 bridgehead atoms. The van der Waals surface area contributed by atoms with E-state index < -0.39 is 11.7 Å². The van der Waals surface area contributed by atoms with Crippen LogP contribution in [0, 0.1) is 13.8 Å². The molecule has 206 valence electrons. The van der Waals surface area contributed by atoms with E-state index in [1.165, 1.54) is 19.2 Å². The largest absolute Gasteiger partial charge is 0.416 e. The fourth-order valence-electron chi connectivity index (χ4n) is 2.97. The molecular formula is C27H44F3N3O3. The van der Waals surface area contributed by atoms with Crippen LogP contribution in [0.15, 0.2) is 35.0 Å². The number of fused-ring (bicyclic) bond motifs is 1. The summed E-state index contributed by atoms with van der Waals surface area (Å²) in [5.41, 5.74) is 4.99. The Morgan fingerprint density at radius 2 is 1.72 bits per heavy atom. The van der Waals surface area contributed by atoms with Gasteiger partial charge in [0.05, 0.1) is 12.7 Å². The first-order valence-corrected chi connectivity index (χ1v) is 12.4. The van der Waals surface area contributed by atoms with Crippen molar-refractivity contribution < 1.29 is 27.4 Å². The highest BCUT2D eigenvalue weighted by molar-refractivity contribution is 5.93. The standard InChI is InChI=1S/C15H16F3N.C6H10N2O3.3C2H6/c1-3-5-10(4-2)13-9-19-14-7-6-11(8-12(13)14)15(16,17)18;1-4-6(11-8-9-3)5(2)10-7-4;3*1-2/h4,6-9,19H,3,5H2,1-2H3;8H,1-3H3;3*1-2H3/b10-4+;;;;. The highest BCUT2D eigenvalue weighted by Crippen LogP contribution is 2.34.